The predicted molar refractivity (Wildman–Crippen MR) is 67.5 cm³/mol. The van der Waals surface area contributed by atoms with Gasteiger partial charge < -0.3 is 5.32 Å². The molecule has 3 aliphatic rings. The zero-order chi connectivity index (χ0) is 11.0. The average Bonchev–Trinajstić information content (AvgIpc) is 3.07. The molecule has 1 N–H and O–H groups in total. The van der Waals surface area contributed by atoms with E-state index in [1.807, 2.05) is 0 Å². The Labute approximate surface area is 99.8 Å². The van der Waals surface area contributed by atoms with Crippen molar-refractivity contribution in [2.45, 2.75) is 57.5 Å². The van der Waals surface area contributed by atoms with Gasteiger partial charge in [0.05, 0.1) is 0 Å². The Morgan fingerprint density at radius 2 is 1.94 bits per heavy atom. The van der Waals surface area contributed by atoms with Crippen molar-refractivity contribution in [3.8, 4) is 0 Å². The van der Waals surface area contributed by atoms with Crippen LogP contribution in [0.1, 0.15) is 45.4 Å². The molecule has 92 valence electrons. The molecule has 1 saturated heterocycles. The predicted octanol–water partition coefficient (Wildman–Crippen LogP) is 2.25. The fourth-order valence-corrected chi connectivity index (χ4v) is 3.51. The largest absolute Gasteiger partial charge is 0.316 e. The normalized spacial score (nSPS) is 39.8. The lowest BCUT2D eigenvalue weighted by Crippen LogP contribution is -2.49. The van der Waals surface area contributed by atoms with Crippen LogP contribution in [0.5, 0.6) is 0 Å². The van der Waals surface area contributed by atoms with Gasteiger partial charge in [-0.2, -0.15) is 0 Å². The Hall–Kier alpha value is -0.0800. The number of piperidine rings is 1. The fraction of sp³-hybridized carbons (Fsp3) is 1.00. The molecule has 16 heavy (non-hydrogen) atoms. The number of nitrogens with one attached hydrogen (secondary N) is 1. The van der Waals surface area contributed by atoms with Gasteiger partial charge in [-0.25, -0.2) is 0 Å². The lowest BCUT2D eigenvalue weighted by Gasteiger charge is -2.44. The maximum Gasteiger partial charge on any atom is 0.0103 e. The standard InChI is InChI=1S/C14H26N2/c1-11-7-14(8-11)16(13-4-5-13)10-12-3-2-6-15-9-12/h11-15H,2-10H2,1H3. The minimum absolute atomic E-state index is 0.935. The van der Waals surface area contributed by atoms with Gasteiger partial charge >= 0.3 is 0 Å². The molecule has 1 atom stereocenters. The van der Waals surface area contributed by atoms with Crippen LogP contribution >= 0.6 is 0 Å². The van der Waals surface area contributed by atoms with E-state index in [9.17, 15) is 0 Å². The van der Waals surface area contributed by atoms with Crippen LogP contribution < -0.4 is 5.32 Å². The summed E-state index contributed by atoms with van der Waals surface area (Å²) in [6, 6.07) is 1.92. The quantitative estimate of drug-likeness (QED) is 0.785. The van der Waals surface area contributed by atoms with Crippen LogP contribution in [0.4, 0.5) is 0 Å². The molecule has 0 aromatic heterocycles. The Balaban J connectivity index is 1.52. The molecule has 0 amide bonds. The van der Waals surface area contributed by atoms with Crippen LogP contribution in [-0.2, 0) is 0 Å². The Bertz CT molecular complexity index is 225. The Kier molecular flexibility index (Phi) is 3.21. The van der Waals surface area contributed by atoms with Crippen LogP contribution in [0.15, 0.2) is 0 Å². The summed E-state index contributed by atoms with van der Waals surface area (Å²) in [4.78, 5) is 2.87. The molecule has 3 rings (SSSR count). The molecule has 0 aromatic carbocycles. The monoisotopic (exact) mass is 222 g/mol. The van der Waals surface area contributed by atoms with E-state index in [0.717, 1.165) is 23.9 Å². The summed E-state index contributed by atoms with van der Waals surface area (Å²) in [5.41, 5.74) is 0. The van der Waals surface area contributed by atoms with E-state index in [0.29, 0.717) is 0 Å². The number of hydrogen-bond acceptors (Lipinski definition) is 2. The SMILES string of the molecule is CC1CC(N(CC2CCCNC2)C2CC2)C1. The van der Waals surface area contributed by atoms with Gasteiger partial charge in [-0.3, -0.25) is 4.90 Å². The summed E-state index contributed by atoms with van der Waals surface area (Å²) in [7, 11) is 0. The molecule has 1 aliphatic heterocycles. The number of nitrogens with zero attached hydrogens (tertiary/aromatic N) is 1. The van der Waals surface area contributed by atoms with Crippen molar-refractivity contribution >= 4 is 0 Å². The summed E-state index contributed by atoms with van der Waals surface area (Å²) in [5, 5.41) is 3.56. The first-order valence-electron chi connectivity index (χ1n) is 7.29. The van der Waals surface area contributed by atoms with Crippen molar-refractivity contribution in [3.63, 3.8) is 0 Å². The third kappa shape index (κ3) is 2.43. The second kappa shape index (κ2) is 4.66. The topological polar surface area (TPSA) is 15.3 Å². The maximum atomic E-state index is 3.56. The molecular formula is C14H26N2. The summed E-state index contributed by atoms with van der Waals surface area (Å²) in [5.74, 6) is 1.93. The number of rotatable bonds is 4. The molecule has 1 heterocycles. The third-order valence-corrected chi connectivity index (χ3v) is 4.70. The van der Waals surface area contributed by atoms with Gasteiger partial charge in [0.15, 0.2) is 0 Å². The summed E-state index contributed by atoms with van der Waals surface area (Å²) in [6.45, 7) is 6.31. The van der Waals surface area contributed by atoms with E-state index in [4.69, 9.17) is 0 Å². The van der Waals surface area contributed by atoms with E-state index in [1.54, 1.807) is 0 Å². The van der Waals surface area contributed by atoms with E-state index < -0.39 is 0 Å². The van der Waals surface area contributed by atoms with Gasteiger partial charge in [-0.15, -0.1) is 0 Å². The van der Waals surface area contributed by atoms with Gasteiger partial charge in [0.2, 0.25) is 0 Å². The van der Waals surface area contributed by atoms with Gasteiger partial charge in [-0.1, -0.05) is 6.92 Å². The second-order valence-corrected chi connectivity index (χ2v) is 6.37. The van der Waals surface area contributed by atoms with Crippen LogP contribution in [0.2, 0.25) is 0 Å². The zero-order valence-corrected chi connectivity index (χ0v) is 10.6. The third-order valence-electron chi connectivity index (χ3n) is 4.70. The first kappa shape index (κ1) is 11.0. The zero-order valence-electron chi connectivity index (χ0n) is 10.6. The molecule has 0 aromatic rings. The molecule has 2 heteroatoms. The van der Waals surface area contributed by atoms with E-state index in [1.165, 1.54) is 58.2 Å². The first-order chi connectivity index (χ1) is 7.83. The number of hydrogen-bond donors (Lipinski definition) is 1. The lowest BCUT2D eigenvalue weighted by atomic mass is 9.80. The van der Waals surface area contributed by atoms with Crippen LogP contribution in [0.3, 0.4) is 0 Å². The molecule has 0 radical (unpaired) electrons. The van der Waals surface area contributed by atoms with Gasteiger partial charge in [-0.05, 0) is 63.5 Å². The summed E-state index contributed by atoms with van der Waals surface area (Å²) < 4.78 is 0. The molecule has 0 bridgehead atoms. The molecule has 2 aliphatic carbocycles. The maximum absolute atomic E-state index is 3.56. The smallest absolute Gasteiger partial charge is 0.0103 e. The minimum Gasteiger partial charge on any atom is -0.316 e. The molecule has 1 unspecified atom stereocenters. The van der Waals surface area contributed by atoms with Crippen molar-refractivity contribution in [1.29, 1.82) is 0 Å². The molecule has 2 saturated carbocycles. The fourth-order valence-electron chi connectivity index (χ4n) is 3.51. The van der Waals surface area contributed by atoms with E-state index >= 15 is 0 Å². The van der Waals surface area contributed by atoms with Gasteiger partial charge in [0.25, 0.3) is 0 Å². The molecular weight excluding hydrogens is 196 g/mol. The van der Waals surface area contributed by atoms with Crippen molar-refractivity contribution in [1.82, 2.24) is 10.2 Å². The van der Waals surface area contributed by atoms with Crippen LogP contribution in [0, 0.1) is 11.8 Å². The Morgan fingerprint density at radius 3 is 2.50 bits per heavy atom. The highest BCUT2D eigenvalue weighted by molar-refractivity contribution is 4.95. The van der Waals surface area contributed by atoms with Crippen molar-refractivity contribution in [3.05, 3.63) is 0 Å². The summed E-state index contributed by atoms with van der Waals surface area (Å²) >= 11 is 0. The first-order valence-corrected chi connectivity index (χ1v) is 7.29. The highest BCUT2D eigenvalue weighted by atomic mass is 15.2. The van der Waals surface area contributed by atoms with E-state index in [-0.39, 0.29) is 0 Å². The van der Waals surface area contributed by atoms with Crippen molar-refractivity contribution in [2.24, 2.45) is 11.8 Å². The highest BCUT2D eigenvalue weighted by Gasteiger charge is 2.39. The van der Waals surface area contributed by atoms with E-state index in [2.05, 4.69) is 17.1 Å². The van der Waals surface area contributed by atoms with Gasteiger partial charge in [0, 0.05) is 18.6 Å². The Morgan fingerprint density at radius 1 is 1.12 bits per heavy atom. The summed E-state index contributed by atoms with van der Waals surface area (Å²) in [6.07, 6.45) is 8.74. The van der Waals surface area contributed by atoms with Crippen molar-refractivity contribution in [2.75, 3.05) is 19.6 Å². The van der Waals surface area contributed by atoms with Crippen molar-refractivity contribution < 1.29 is 0 Å². The lowest BCUT2D eigenvalue weighted by molar-refractivity contribution is 0.0600. The minimum atomic E-state index is 0.935. The van der Waals surface area contributed by atoms with Gasteiger partial charge in [0.1, 0.15) is 0 Å². The van der Waals surface area contributed by atoms with Crippen LogP contribution in [0.25, 0.3) is 0 Å². The molecule has 0 spiro atoms. The molecule has 2 nitrogen and oxygen atoms in total. The average molecular weight is 222 g/mol. The second-order valence-electron chi connectivity index (χ2n) is 6.37. The molecule has 3 fully saturated rings. The highest BCUT2D eigenvalue weighted by Crippen LogP contribution is 2.39. The van der Waals surface area contributed by atoms with Crippen LogP contribution in [-0.4, -0.2) is 36.6 Å².